The molecule has 7 heteroatoms. The highest BCUT2D eigenvalue weighted by atomic mass is 35.5. The third-order valence-corrected chi connectivity index (χ3v) is 4.52. The first kappa shape index (κ1) is 19.0. The normalized spacial score (nSPS) is 15.5. The summed E-state index contributed by atoms with van der Waals surface area (Å²) in [5.74, 6) is 0.196. The number of anilines is 2. The third kappa shape index (κ3) is 4.71. The molecule has 0 radical (unpaired) electrons. The number of para-hydroxylation sites is 3. The summed E-state index contributed by atoms with van der Waals surface area (Å²) in [6, 6.07) is 14.5. The zero-order valence-electron chi connectivity index (χ0n) is 15.1. The van der Waals surface area contributed by atoms with Crippen molar-refractivity contribution in [2.75, 3.05) is 29.9 Å². The Balaban J connectivity index is 1.73. The first-order valence-electron chi connectivity index (χ1n) is 8.91. The average molecular weight is 388 g/mol. The van der Waals surface area contributed by atoms with Gasteiger partial charge >= 0.3 is 0 Å². The lowest BCUT2D eigenvalue weighted by Crippen LogP contribution is -2.50. The number of carbonyl (C=O) groups excluding carboxylic acids is 2. The van der Waals surface area contributed by atoms with Crippen molar-refractivity contribution in [3.63, 3.8) is 0 Å². The van der Waals surface area contributed by atoms with Crippen LogP contribution in [0.1, 0.15) is 13.3 Å². The Morgan fingerprint density at radius 2 is 1.93 bits per heavy atom. The van der Waals surface area contributed by atoms with Gasteiger partial charge in [-0.25, -0.2) is 0 Å². The van der Waals surface area contributed by atoms with E-state index >= 15 is 0 Å². The van der Waals surface area contributed by atoms with E-state index in [1.165, 1.54) is 0 Å². The minimum absolute atomic E-state index is 0.0865. The third-order valence-electron chi connectivity index (χ3n) is 4.19. The van der Waals surface area contributed by atoms with Gasteiger partial charge in [-0.3, -0.25) is 9.59 Å². The molecule has 0 saturated carbocycles. The highest BCUT2D eigenvalue weighted by Gasteiger charge is 2.31. The van der Waals surface area contributed by atoms with Crippen molar-refractivity contribution in [2.45, 2.75) is 19.4 Å². The van der Waals surface area contributed by atoms with Gasteiger partial charge in [0.15, 0.2) is 6.10 Å². The monoisotopic (exact) mass is 387 g/mol. The van der Waals surface area contributed by atoms with Gasteiger partial charge in [-0.2, -0.15) is 0 Å². The van der Waals surface area contributed by atoms with Gasteiger partial charge in [0.25, 0.3) is 5.91 Å². The van der Waals surface area contributed by atoms with E-state index in [1.807, 2.05) is 30.0 Å². The number of ether oxygens (including phenoxy) is 1. The van der Waals surface area contributed by atoms with Crippen molar-refractivity contribution in [1.82, 2.24) is 5.32 Å². The van der Waals surface area contributed by atoms with Gasteiger partial charge in [-0.05, 0) is 30.7 Å². The molecule has 1 aliphatic rings. The van der Waals surface area contributed by atoms with Gasteiger partial charge in [0.1, 0.15) is 5.75 Å². The largest absolute Gasteiger partial charge is 0.477 e. The zero-order valence-corrected chi connectivity index (χ0v) is 15.8. The lowest BCUT2D eigenvalue weighted by Gasteiger charge is -2.35. The first-order valence-corrected chi connectivity index (χ1v) is 9.29. The van der Waals surface area contributed by atoms with Crippen LogP contribution in [-0.2, 0) is 9.59 Å². The van der Waals surface area contributed by atoms with E-state index in [-0.39, 0.29) is 18.4 Å². The lowest BCUT2D eigenvalue weighted by molar-refractivity contribution is -0.128. The molecule has 1 aliphatic heterocycles. The van der Waals surface area contributed by atoms with Crippen LogP contribution < -0.4 is 20.3 Å². The molecule has 0 aromatic heterocycles. The van der Waals surface area contributed by atoms with E-state index in [1.54, 1.807) is 30.3 Å². The predicted molar refractivity (Wildman–Crippen MR) is 106 cm³/mol. The van der Waals surface area contributed by atoms with Crippen LogP contribution in [0.25, 0.3) is 0 Å². The lowest BCUT2D eigenvalue weighted by atomic mass is 10.1. The summed E-state index contributed by atoms with van der Waals surface area (Å²) in [5.41, 5.74) is 1.34. The van der Waals surface area contributed by atoms with Crippen LogP contribution >= 0.6 is 11.6 Å². The molecule has 3 rings (SSSR count). The molecule has 0 unspecified atom stereocenters. The van der Waals surface area contributed by atoms with E-state index in [4.69, 9.17) is 16.3 Å². The summed E-state index contributed by atoms with van der Waals surface area (Å²) in [4.78, 5) is 26.7. The molecule has 0 aliphatic carbocycles. The summed E-state index contributed by atoms with van der Waals surface area (Å²) in [6.45, 7) is 2.96. The van der Waals surface area contributed by atoms with Gasteiger partial charge < -0.3 is 20.3 Å². The number of halogens is 1. The van der Waals surface area contributed by atoms with Crippen molar-refractivity contribution in [2.24, 2.45) is 0 Å². The minimum Gasteiger partial charge on any atom is -0.477 e. The smallest absolute Gasteiger partial charge is 0.262 e. The van der Waals surface area contributed by atoms with Gasteiger partial charge in [0.05, 0.1) is 29.5 Å². The van der Waals surface area contributed by atoms with Crippen molar-refractivity contribution in [1.29, 1.82) is 0 Å². The van der Waals surface area contributed by atoms with E-state index < -0.39 is 6.10 Å². The van der Waals surface area contributed by atoms with Crippen molar-refractivity contribution < 1.29 is 14.3 Å². The second-order valence-electron chi connectivity index (χ2n) is 6.27. The molecule has 1 atom stereocenters. The first-order chi connectivity index (χ1) is 13.1. The highest BCUT2D eigenvalue weighted by molar-refractivity contribution is 6.33. The number of amides is 2. The fourth-order valence-corrected chi connectivity index (χ4v) is 3.06. The Kier molecular flexibility index (Phi) is 6.19. The number of nitrogens with zero attached hydrogens (tertiary/aromatic N) is 1. The molecule has 0 bridgehead atoms. The second-order valence-corrected chi connectivity index (χ2v) is 6.68. The molecule has 2 aromatic rings. The van der Waals surface area contributed by atoms with Crippen LogP contribution in [-0.4, -0.2) is 37.6 Å². The van der Waals surface area contributed by atoms with Crippen LogP contribution in [0.2, 0.25) is 5.02 Å². The predicted octanol–water partition coefficient (Wildman–Crippen LogP) is 3.07. The Bertz CT molecular complexity index is 828. The maximum Gasteiger partial charge on any atom is 0.262 e. The number of hydrogen-bond acceptors (Lipinski definition) is 4. The van der Waals surface area contributed by atoms with E-state index in [2.05, 4.69) is 10.6 Å². The molecular formula is C20H22ClN3O3. The number of nitrogens with one attached hydrogen (secondary N) is 2. The molecule has 6 nitrogen and oxygen atoms in total. The highest BCUT2D eigenvalue weighted by Crippen LogP contribution is 2.33. The number of benzene rings is 2. The quantitative estimate of drug-likeness (QED) is 0.799. The van der Waals surface area contributed by atoms with E-state index in [0.29, 0.717) is 29.5 Å². The SMILES string of the molecule is CCCNC(=O)[C@@H]1CN(CC(=O)Nc2ccccc2Cl)c2ccccc2O1. The van der Waals surface area contributed by atoms with Crippen LogP contribution in [0.15, 0.2) is 48.5 Å². The van der Waals surface area contributed by atoms with Crippen molar-refractivity contribution in [3.8, 4) is 5.75 Å². The summed E-state index contributed by atoms with van der Waals surface area (Å²) in [7, 11) is 0. The summed E-state index contributed by atoms with van der Waals surface area (Å²) >= 11 is 6.10. The van der Waals surface area contributed by atoms with E-state index in [0.717, 1.165) is 12.1 Å². The molecule has 27 heavy (non-hydrogen) atoms. The standard InChI is InChI=1S/C20H22ClN3O3/c1-2-11-22-20(26)18-12-24(16-9-5-6-10-17(16)27-18)13-19(25)23-15-8-4-3-7-14(15)21/h3-10,18H,2,11-13H2,1H3,(H,22,26)(H,23,25)/t18-/m0/s1. The Labute approximate surface area is 163 Å². The summed E-state index contributed by atoms with van der Waals surface area (Å²) in [5, 5.41) is 6.14. The average Bonchev–Trinajstić information content (AvgIpc) is 2.67. The number of hydrogen-bond donors (Lipinski definition) is 2. The fourth-order valence-electron chi connectivity index (χ4n) is 2.88. The Hall–Kier alpha value is -2.73. The van der Waals surface area contributed by atoms with Gasteiger partial charge in [-0.1, -0.05) is 42.8 Å². The Morgan fingerprint density at radius 3 is 2.70 bits per heavy atom. The zero-order chi connectivity index (χ0) is 19.2. The van der Waals surface area contributed by atoms with Crippen LogP contribution in [0.4, 0.5) is 11.4 Å². The molecule has 2 aromatic carbocycles. The molecular weight excluding hydrogens is 366 g/mol. The van der Waals surface area contributed by atoms with Crippen LogP contribution in [0.5, 0.6) is 5.75 Å². The fraction of sp³-hybridized carbons (Fsp3) is 0.300. The minimum atomic E-state index is -0.667. The molecule has 2 amide bonds. The Morgan fingerprint density at radius 1 is 1.19 bits per heavy atom. The molecule has 2 N–H and O–H groups in total. The van der Waals surface area contributed by atoms with E-state index in [9.17, 15) is 9.59 Å². The van der Waals surface area contributed by atoms with Crippen LogP contribution in [0.3, 0.4) is 0 Å². The molecule has 0 saturated heterocycles. The molecule has 1 heterocycles. The second kappa shape index (κ2) is 8.77. The summed E-state index contributed by atoms with van der Waals surface area (Å²) in [6.07, 6.45) is 0.179. The maximum atomic E-state index is 12.5. The van der Waals surface area contributed by atoms with Gasteiger partial charge in [0, 0.05) is 6.54 Å². The molecule has 0 spiro atoms. The van der Waals surface area contributed by atoms with Gasteiger partial charge in [0.2, 0.25) is 5.91 Å². The van der Waals surface area contributed by atoms with Gasteiger partial charge in [-0.15, -0.1) is 0 Å². The molecule has 0 fully saturated rings. The molecule has 142 valence electrons. The number of rotatable bonds is 6. The summed E-state index contributed by atoms with van der Waals surface area (Å²) < 4.78 is 5.83. The number of carbonyl (C=O) groups is 2. The van der Waals surface area contributed by atoms with Crippen LogP contribution in [0, 0.1) is 0 Å². The maximum absolute atomic E-state index is 12.5. The number of fused-ring (bicyclic) bond motifs is 1. The van der Waals surface area contributed by atoms with Crippen molar-refractivity contribution in [3.05, 3.63) is 53.6 Å². The topological polar surface area (TPSA) is 70.7 Å². The van der Waals surface area contributed by atoms with Crippen molar-refractivity contribution >= 4 is 34.8 Å².